The maximum Gasteiger partial charge on any atom is 0.431 e. The van der Waals surface area contributed by atoms with Gasteiger partial charge in [0.25, 0.3) is 5.60 Å². The van der Waals surface area contributed by atoms with E-state index in [0.29, 0.717) is 29.9 Å². The van der Waals surface area contributed by atoms with Crippen molar-refractivity contribution in [2.24, 2.45) is 5.10 Å². The number of hydrogen-bond acceptors (Lipinski definition) is 6. The molecule has 0 amide bonds. The molecule has 16 heteroatoms. The Morgan fingerprint density at radius 2 is 1.46 bits per heavy atom. The first-order chi connectivity index (χ1) is 18.9. The van der Waals surface area contributed by atoms with Crippen molar-refractivity contribution in [2.75, 3.05) is 36.1 Å². The Hall–Kier alpha value is -2.98. The average molecular weight is 615 g/mol. The Bertz CT molecular complexity index is 1390. The van der Waals surface area contributed by atoms with Gasteiger partial charge in [0, 0.05) is 44.4 Å². The summed E-state index contributed by atoms with van der Waals surface area (Å²) in [5.41, 5.74) is -6.85. The molecule has 1 atom stereocenters. The second-order valence-electron chi connectivity index (χ2n) is 9.98. The molecule has 226 valence electrons. The molecule has 1 unspecified atom stereocenters. The number of piperazine rings is 1. The fourth-order valence-electron chi connectivity index (χ4n) is 4.77. The van der Waals surface area contributed by atoms with Crippen molar-refractivity contribution < 1.29 is 48.6 Å². The number of anilines is 2. The molecule has 0 radical (unpaired) electrons. The Labute approximate surface area is 230 Å². The second kappa shape index (κ2) is 10.7. The fourth-order valence-corrected chi connectivity index (χ4v) is 6.04. The maximum atomic E-state index is 14.6. The predicted molar refractivity (Wildman–Crippen MR) is 135 cm³/mol. The maximum absolute atomic E-state index is 14.6. The van der Waals surface area contributed by atoms with E-state index in [4.69, 9.17) is 0 Å². The van der Waals surface area contributed by atoms with Gasteiger partial charge in [-0.25, -0.2) is 17.2 Å². The summed E-state index contributed by atoms with van der Waals surface area (Å²) >= 11 is 0. The zero-order valence-corrected chi connectivity index (χ0v) is 22.5. The molecule has 0 bridgehead atoms. The van der Waals surface area contributed by atoms with Crippen LogP contribution in [0.1, 0.15) is 31.9 Å². The minimum absolute atomic E-state index is 0.143. The second-order valence-corrected chi connectivity index (χ2v) is 12.5. The van der Waals surface area contributed by atoms with E-state index in [-0.39, 0.29) is 18.7 Å². The molecule has 0 spiro atoms. The topological polar surface area (TPSA) is 76.5 Å². The Kier molecular flexibility index (Phi) is 8.08. The Morgan fingerprint density at radius 3 is 1.95 bits per heavy atom. The molecule has 0 aromatic heterocycles. The number of halogens is 8. The van der Waals surface area contributed by atoms with Gasteiger partial charge in [-0.05, 0) is 43.7 Å². The average Bonchev–Trinajstić information content (AvgIpc) is 3.32. The van der Waals surface area contributed by atoms with Crippen molar-refractivity contribution in [3.8, 4) is 0 Å². The van der Waals surface area contributed by atoms with Crippen LogP contribution in [0.25, 0.3) is 0 Å². The number of aliphatic hydroxyl groups is 1. The highest BCUT2D eigenvalue weighted by Crippen LogP contribution is 2.49. The van der Waals surface area contributed by atoms with Crippen molar-refractivity contribution in [3.05, 3.63) is 59.7 Å². The minimum Gasteiger partial charge on any atom is -0.369 e. The quantitative estimate of drug-likeness (QED) is 0.465. The van der Waals surface area contributed by atoms with E-state index in [1.165, 1.54) is 16.4 Å². The summed E-state index contributed by atoms with van der Waals surface area (Å²) in [6, 6.07) is 6.48. The van der Waals surface area contributed by atoms with E-state index < -0.39 is 68.7 Å². The zero-order chi connectivity index (χ0) is 30.5. The molecule has 2 aliphatic heterocycles. The summed E-state index contributed by atoms with van der Waals surface area (Å²) in [4.78, 5) is 1.86. The molecule has 2 aromatic rings. The van der Waals surface area contributed by atoms with Gasteiger partial charge in [-0.2, -0.15) is 35.7 Å². The number of rotatable bonds is 6. The van der Waals surface area contributed by atoms with Crippen LogP contribution in [0.2, 0.25) is 0 Å². The summed E-state index contributed by atoms with van der Waals surface area (Å²) in [5.74, 6) is -2.31. The fraction of sp³-hybridized carbons (Fsp3) is 0.480. The van der Waals surface area contributed by atoms with Gasteiger partial charge in [0.05, 0.1) is 22.7 Å². The highest BCUT2D eigenvalue weighted by Gasteiger charge is 2.74. The van der Waals surface area contributed by atoms with Crippen LogP contribution in [0.4, 0.5) is 46.5 Å². The molecule has 7 nitrogen and oxygen atoms in total. The molecule has 0 aliphatic carbocycles. The lowest BCUT2D eigenvalue weighted by Gasteiger charge is -2.36. The molecule has 4 rings (SSSR count). The van der Waals surface area contributed by atoms with Gasteiger partial charge in [0.1, 0.15) is 5.82 Å². The summed E-state index contributed by atoms with van der Waals surface area (Å²) in [6.45, 7) is 4.24. The van der Waals surface area contributed by atoms with Gasteiger partial charge in [-0.1, -0.05) is 12.1 Å². The molecule has 41 heavy (non-hydrogen) atoms. The molecule has 1 fully saturated rings. The first kappa shape index (κ1) is 31.0. The van der Waals surface area contributed by atoms with E-state index in [1.807, 2.05) is 4.90 Å². The van der Waals surface area contributed by atoms with Crippen molar-refractivity contribution in [1.82, 2.24) is 4.31 Å². The van der Waals surface area contributed by atoms with Crippen LogP contribution in [0.3, 0.4) is 0 Å². The van der Waals surface area contributed by atoms with Crippen LogP contribution >= 0.6 is 0 Å². The largest absolute Gasteiger partial charge is 0.431 e. The third kappa shape index (κ3) is 5.60. The Morgan fingerprint density at radius 1 is 0.902 bits per heavy atom. The summed E-state index contributed by atoms with van der Waals surface area (Å²) < 4.78 is 136. The number of benzene rings is 2. The van der Waals surface area contributed by atoms with E-state index in [2.05, 4.69) is 5.10 Å². The SMILES string of the molecule is CC(C)S(=O)(=O)N1CCN(c2ccc(C3CC(C(O)(C(F)(F)F)C(F)(F)F)=NN3c3ccc(F)cc3F)cc2)CC1. The van der Waals surface area contributed by atoms with Crippen molar-refractivity contribution in [3.63, 3.8) is 0 Å². The van der Waals surface area contributed by atoms with E-state index in [0.717, 1.165) is 12.1 Å². The predicted octanol–water partition coefficient (Wildman–Crippen LogP) is 4.99. The first-order valence-corrected chi connectivity index (χ1v) is 13.9. The molecule has 2 heterocycles. The standard InChI is InChI=1S/C25H26F8N4O3S/c1-15(2)41(39,40)36-11-9-35(10-12-36)18-6-3-16(4-7-18)21-14-22(23(38,24(28,29)30)25(31,32)33)34-37(21)20-8-5-17(26)13-19(20)27/h3-8,13,15,21,38H,9-12,14H2,1-2H3. The smallest absolute Gasteiger partial charge is 0.369 e. The first-order valence-electron chi connectivity index (χ1n) is 12.4. The van der Waals surface area contributed by atoms with Crippen molar-refractivity contribution in [2.45, 2.75) is 49.5 Å². The van der Waals surface area contributed by atoms with Gasteiger partial charge in [0.2, 0.25) is 10.0 Å². The molecule has 2 aliphatic rings. The number of nitrogens with zero attached hydrogens (tertiary/aromatic N) is 4. The highest BCUT2D eigenvalue weighted by molar-refractivity contribution is 7.89. The van der Waals surface area contributed by atoms with Gasteiger partial charge in [0.15, 0.2) is 5.82 Å². The summed E-state index contributed by atoms with van der Waals surface area (Å²) in [7, 11) is -3.45. The Balaban J connectivity index is 1.65. The molecule has 1 saturated heterocycles. The van der Waals surface area contributed by atoms with Gasteiger partial charge in [-0.15, -0.1) is 0 Å². The molecule has 1 N–H and O–H groups in total. The van der Waals surface area contributed by atoms with Crippen LogP contribution in [0, 0.1) is 11.6 Å². The van der Waals surface area contributed by atoms with Gasteiger partial charge < -0.3 is 10.0 Å². The van der Waals surface area contributed by atoms with E-state index in [1.54, 1.807) is 26.0 Å². The van der Waals surface area contributed by atoms with Crippen LogP contribution in [0.15, 0.2) is 47.6 Å². The van der Waals surface area contributed by atoms with Crippen LogP contribution in [-0.4, -0.2) is 72.9 Å². The van der Waals surface area contributed by atoms with Crippen LogP contribution < -0.4 is 9.91 Å². The van der Waals surface area contributed by atoms with Crippen molar-refractivity contribution in [1.29, 1.82) is 0 Å². The normalized spacial score (nSPS) is 19.7. The molecular weight excluding hydrogens is 588 g/mol. The van der Waals surface area contributed by atoms with E-state index in [9.17, 15) is 48.6 Å². The van der Waals surface area contributed by atoms with Crippen LogP contribution in [-0.2, 0) is 10.0 Å². The number of hydrogen-bond donors (Lipinski definition) is 1. The van der Waals surface area contributed by atoms with Gasteiger partial charge in [-0.3, -0.25) is 5.01 Å². The number of hydrazone groups is 1. The molecule has 0 saturated carbocycles. The third-order valence-electron chi connectivity index (χ3n) is 7.14. The lowest BCUT2D eigenvalue weighted by molar-refractivity contribution is -0.338. The number of sulfonamides is 1. The lowest BCUT2D eigenvalue weighted by Crippen LogP contribution is -2.62. The van der Waals surface area contributed by atoms with Gasteiger partial charge >= 0.3 is 12.4 Å². The third-order valence-corrected chi connectivity index (χ3v) is 9.42. The lowest BCUT2D eigenvalue weighted by atomic mass is 9.90. The van der Waals surface area contributed by atoms with Crippen LogP contribution in [0.5, 0.6) is 0 Å². The highest BCUT2D eigenvalue weighted by atomic mass is 32.2. The minimum atomic E-state index is -6.19. The van der Waals surface area contributed by atoms with Crippen molar-refractivity contribution >= 4 is 27.1 Å². The molecular formula is C25H26F8N4O3S. The summed E-state index contributed by atoms with van der Waals surface area (Å²) in [6.07, 6.45) is -13.5. The monoisotopic (exact) mass is 614 g/mol. The number of alkyl halides is 6. The summed E-state index contributed by atoms with van der Waals surface area (Å²) in [5, 5.41) is 13.3. The zero-order valence-electron chi connectivity index (χ0n) is 21.7. The molecule has 2 aromatic carbocycles. The van der Waals surface area contributed by atoms with E-state index >= 15 is 0 Å².